The molecule has 1 aromatic rings. The molecule has 0 amide bonds. The largest absolute Gasteiger partial charge is 0.496 e. The monoisotopic (exact) mass is 464 g/mol. The number of para-hydroxylation sites is 1. The predicted molar refractivity (Wildman–Crippen MR) is 132 cm³/mol. The molecule has 5 rings (SSSR count). The first-order chi connectivity index (χ1) is 15.8. The highest BCUT2D eigenvalue weighted by Gasteiger charge is 2.59. The normalized spacial score (nSPS) is 37.6. The number of fused-ring (bicyclic) bond motifs is 5. The van der Waals surface area contributed by atoms with Crippen molar-refractivity contribution in [2.24, 2.45) is 34.5 Å². The molecule has 0 bridgehead atoms. The summed E-state index contributed by atoms with van der Waals surface area (Å²) in [6.07, 6.45) is 13.7. The lowest BCUT2D eigenvalue weighted by atomic mass is 9.47. The Hall–Kier alpha value is -2.13. The number of ketones is 2. The van der Waals surface area contributed by atoms with Crippen LogP contribution in [0.3, 0.4) is 0 Å². The van der Waals surface area contributed by atoms with E-state index in [0.717, 1.165) is 55.4 Å². The second kappa shape index (κ2) is 8.27. The summed E-state index contributed by atoms with van der Waals surface area (Å²) in [4.78, 5) is 25.6. The number of hydrogen-bond acceptors (Lipinski definition) is 3. The van der Waals surface area contributed by atoms with Crippen molar-refractivity contribution in [1.82, 2.24) is 0 Å². The number of carbonyl (C=O) groups excluding carboxylic acids is 2. The highest BCUT2D eigenvalue weighted by Crippen LogP contribution is 2.66. The van der Waals surface area contributed by atoms with Crippen molar-refractivity contribution in [1.29, 1.82) is 0 Å². The van der Waals surface area contributed by atoms with Gasteiger partial charge in [0.1, 0.15) is 5.75 Å². The molecule has 4 aliphatic rings. The lowest BCUT2D eigenvalue weighted by Crippen LogP contribution is -2.50. The molecule has 0 heterocycles. The quantitative estimate of drug-likeness (QED) is 0.462. The molecule has 0 radical (unpaired) electrons. The number of rotatable bonds is 4. The molecule has 6 atom stereocenters. The Labute approximate surface area is 201 Å². The van der Waals surface area contributed by atoms with Crippen LogP contribution in [0.4, 0.5) is 0 Å². The molecule has 33 heavy (non-hydrogen) atoms. The molecule has 0 N–H and O–H groups in total. The molecule has 174 valence electrons. The molecular weight excluding hydrogens is 432 g/mol. The smallest absolute Gasteiger partial charge is 0.196 e. The van der Waals surface area contributed by atoms with E-state index < -0.39 is 0 Å². The molecule has 4 heteroatoms. The molecule has 0 aromatic heterocycles. The Kier molecular flexibility index (Phi) is 5.68. The summed E-state index contributed by atoms with van der Waals surface area (Å²) in [5.74, 6) is 2.69. The summed E-state index contributed by atoms with van der Waals surface area (Å²) in [5, 5.41) is 0.452. The van der Waals surface area contributed by atoms with Gasteiger partial charge >= 0.3 is 0 Å². The summed E-state index contributed by atoms with van der Waals surface area (Å²) in [7, 11) is 1.66. The summed E-state index contributed by atoms with van der Waals surface area (Å²) in [6, 6.07) is 7.81. The van der Waals surface area contributed by atoms with Crippen LogP contribution in [0, 0.1) is 34.5 Å². The third-order valence-corrected chi connectivity index (χ3v) is 9.97. The van der Waals surface area contributed by atoms with Crippen LogP contribution in [0.15, 0.2) is 53.1 Å². The third kappa shape index (κ3) is 3.46. The first-order valence-corrected chi connectivity index (χ1v) is 12.6. The van der Waals surface area contributed by atoms with E-state index in [2.05, 4.69) is 19.9 Å². The van der Waals surface area contributed by atoms with Crippen molar-refractivity contribution in [2.75, 3.05) is 7.11 Å². The first kappa shape index (κ1) is 22.7. The number of benzene rings is 1. The zero-order valence-electron chi connectivity index (χ0n) is 19.8. The van der Waals surface area contributed by atoms with E-state index in [0.29, 0.717) is 22.8 Å². The van der Waals surface area contributed by atoms with Crippen molar-refractivity contribution < 1.29 is 14.3 Å². The van der Waals surface area contributed by atoms with Crippen LogP contribution in [0.25, 0.3) is 6.08 Å². The van der Waals surface area contributed by atoms with Crippen LogP contribution in [0.2, 0.25) is 0 Å². The molecule has 0 spiro atoms. The van der Waals surface area contributed by atoms with Gasteiger partial charge in [-0.25, -0.2) is 0 Å². The molecular formula is C29H33ClO3. The van der Waals surface area contributed by atoms with E-state index in [1.54, 1.807) is 19.3 Å². The van der Waals surface area contributed by atoms with Crippen molar-refractivity contribution in [3.8, 4) is 5.75 Å². The summed E-state index contributed by atoms with van der Waals surface area (Å²) >= 11 is 6.49. The van der Waals surface area contributed by atoms with E-state index >= 15 is 0 Å². The summed E-state index contributed by atoms with van der Waals surface area (Å²) in [5.41, 5.74) is 2.00. The van der Waals surface area contributed by atoms with Gasteiger partial charge in [0.2, 0.25) is 0 Å². The van der Waals surface area contributed by atoms with Crippen molar-refractivity contribution >= 4 is 29.2 Å². The number of hydrogen-bond donors (Lipinski definition) is 0. The molecule has 3 fully saturated rings. The van der Waals surface area contributed by atoms with Crippen LogP contribution in [-0.4, -0.2) is 18.7 Å². The third-order valence-electron chi connectivity index (χ3n) is 9.56. The minimum absolute atomic E-state index is 0.0406. The average molecular weight is 465 g/mol. The van der Waals surface area contributed by atoms with Gasteiger partial charge in [-0.15, -0.1) is 0 Å². The number of allylic oxidation sites excluding steroid dienone is 5. The maximum absolute atomic E-state index is 13.4. The lowest BCUT2D eigenvalue weighted by Gasteiger charge is -2.57. The van der Waals surface area contributed by atoms with E-state index in [-0.39, 0.29) is 28.3 Å². The Balaban J connectivity index is 1.38. The number of methoxy groups -OCH3 is 1. The van der Waals surface area contributed by atoms with Gasteiger partial charge < -0.3 is 4.74 Å². The number of halogens is 1. The summed E-state index contributed by atoms with van der Waals surface area (Å²) in [6.45, 7) is 4.64. The van der Waals surface area contributed by atoms with Crippen molar-refractivity contribution in [3.05, 3.63) is 58.7 Å². The van der Waals surface area contributed by atoms with Gasteiger partial charge in [-0.05, 0) is 91.6 Å². The maximum Gasteiger partial charge on any atom is 0.196 e. The van der Waals surface area contributed by atoms with Crippen molar-refractivity contribution in [2.45, 2.75) is 52.4 Å². The Morgan fingerprint density at radius 2 is 1.91 bits per heavy atom. The fourth-order valence-corrected chi connectivity index (χ4v) is 8.20. The standard InChI is InChI=1S/C29H33ClO3/c1-28-16-14-21-19(9-10-23-27(30)25(32)15-17-29(21,23)2)20(28)11-12-22(28)24(31)13-8-18-6-4-5-7-26(18)33-3/h4-8,13,15,17,19-22H,9-12,14,16H2,1-3H3/b13-8+/t19-,20-,21-,22+,28-,29+/m0/s1. The molecule has 0 saturated heterocycles. The molecule has 1 aromatic carbocycles. The zero-order valence-corrected chi connectivity index (χ0v) is 20.5. The second-order valence-electron chi connectivity index (χ2n) is 10.8. The summed E-state index contributed by atoms with van der Waals surface area (Å²) < 4.78 is 5.43. The van der Waals surface area contributed by atoms with E-state index in [9.17, 15) is 9.59 Å². The van der Waals surface area contributed by atoms with E-state index in [1.807, 2.05) is 30.3 Å². The predicted octanol–water partition coefficient (Wildman–Crippen LogP) is 6.77. The number of carbonyl (C=O) groups is 2. The lowest BCUT2D eigenvalue weighted by molar-refractivity contribution is -0.124. The zero-order chi connectivity index (χ0) is 23.4. The van der Waals surface area contributed by atoms with Crippen LogP contribution >= 0.6 is 11.6 Å². The highest BCUT2D eigenvalue weighted by atomic mass is 35.5. The van der Waals surface area contributed by atoms with Gasteiger partial charge in [0.25, 0.3) is 0 Å². The van der Waals surface area contributed by atoms with Crippen molar-refractivity contribution in [3.63, 3.8) is 0 Å². The Morgan fingerprint density at radius 1 is 1.12 bits per heavy atom. The van der Waals surface area contributed by atoms with Gasteiger partial charge in [0, 0.05) is 16.9 Å². The topological polar surface area (TPSA) is 43.4 Å². The highest BCUT2D eigenvalue weighted by molar-refractivity contribution is 6.45. The fraction of sp³-hybridized carbons (Fsp3) is 0.517. The SMILES string of the molecule is COc1ccccc1/C=C/C(=O)[C@H]1CC[C@H]2[C@@H]3CCC4=C(Cl)C(=O)C=C[C@]4(C)[C@H]3CC[C@]12C. The van der Waals surface area contributed by atoms with Gasteiger partial charge in [0.15, 0.2) is 11.6 Å². The van der Waals surface area contributed by atoms with Gasteiger partial charge in [-0.1, -0.05) is 49.7 Å². The van der Waals surface area contributed by atoms with Crippen LogP contribution in [0.5, 0.6) is 5.75 Å². The molecule has 0 aliphatic heterocycles. The van der Waals surface area contributed by atoms with Crippen LogP contribution < -0.4 is 4.74 Å². The minimum Gasteiger partial charge on any atom is -0.496 e. The molecule has 3 saturated carbocycles. The second-order valence-corrected chi connectivity index (χ2v) is 11.2. The van der Waals surface area contributed by atoms with Crippen LogP contribution in [0.1, 0.15) is 57.9 Å². The van der Waals surface area contributed by atoms with E-state index in [4.69, 9.17) is 16.3 Å². The number of ether oxygens (including phenoxy) is 1. The Morgan fingerprint density at radius 3 is 2.70 bits per heavy atom. The first-order valence-electron chi connectivity index (χ1n) is 12.3. The minimum atomic E-state index is -0.124. The fourth-order valence-electron chi connectivity index (χ4n) is 7.84. The Bertz CT molecular complexity index is 1080. The van der Waals surface area contributed by atoms with Crippen LogP contribution in [-0.2, 0) is 9.59 Å². The van der Waals surface area contributed by atoms with Gasteiger partial charge in [-0.3, -0.25) is 9.59 Å². The molecule has 4 aliphatic carbocycles. The van der Waals surface area contributed by atoms with E-state index in [1.165, 1.54) is 0 Å². The molecule has 3 nitrogen and oxygen atoms in total. The van der Waals surface area contributed by atoms with Gasteiger partial charge in [0.05, 0.1) is 12.1 Å². The maximum atomic E-state index is 13.4. The van der Waals surface area contributed by atoms with Gasteiger partial charge in [-0.2, -0.15) is 0 Å². The molecule has 0 unspecified atom stereocenters. The average Bonchev–Trinajstić information content (AvgIpc) is 3.17.